The summed E-state index contributed by atoms with van der Waals surface area (Å²) in [6.07, 6.45) is 5.36. The maximum atomic E-state index is 9.84. The van der Waals surface area contributed by atoms with Gasteiger partial charge in [-0.1, -0.05) is 6.92 Å². The van der Waals surface area contributed by atoms with E-state index in [1.807, 2.05) is 13.2 Å². The lowest BCUT2D eigenvalue weighted by atomic mass is 10.4. The Morgan fingerprint density at radius 2 is 2.38 bits per heavy atom. The van der Waals surface area contributed by atoms with Crippen LogP contribution in [-0.4, -0.2) is 12.5 Å². The summed E-state index contributed by atoms with van der Waals surface area (Å²) in [5.74, 6) is 0. The zero-order valence-corrected chi connectivity index (χ0v) is 5.99. The van der Waals surface area contributed by atoms with Crippen LogP contribution in [0, 0.1) is 0 Å². The van der Waals surface area contributed by atoms with Crippen molar-refractivity contribution in [1.29, 1.82) is 0 Å². The SMILES string of the molecule is CC/C(=C/C=O)SC. The highest BCUT2D eigenvalue weighted by molar-refractivity contribution is 8.02. The van der Waals surface area contributed by atoms with Gasteiger partial charge in [-0.05, 0) is 23.7 Å². The molecular formula is C6H10OS. The molecule has 0 bridgehead atoms. The number of hydrogen-bond donors (Lipinski definition) is 0. The van der Waals surface area contributed by atoms with Gasteiger partial charge in [-0.3, -0.25) is 4.79 Å². The molecule has 0 aromatic carbocycles. The Bertz CT molecular complexity index is 90.7. The summed E-state index contributed by atoms with van der Waals surface area (Å²) in [6, 6.07) is 0. The zero-order valence-electron chi connectivity index (χ0n) is 5.18. The minimum Gasteiger partial charge on any atom is -0.299 e. The third kappa shape index (κ3) is 2.86. The molecule has 2 heteroatoms. The van der Waals surface area contributed by atoms with Crippen molar-refractivity contribution in [1.82, 2.24) is 0 Å². The second-order valence-corrected chi connectivity index (χ2v) is 2.26. The Morgan fingerprint density at radius 1 is 1.75 bits per heavy atom. The average Bonchev–Trinajstić information content (AvgIpc) is 1.83. The van der Waals surface area contributed by atoms with E-state index in [2.05, 4.69) is 0 Å². The van der Waals surface area contributed by atoms with Crippen LogP contribution in [0.4, 0.5) is 0 Å². The summed E-state index contributed by atoms with van der Waals surface area (Å²) in [5, 5.41) is 0. The molecule has 0 rings (SSSR count). The molecule has 0 fully saturated rings. The maximum absolute atomic E-state index is 9.84. The molecule has 0 saturated carbocycles. The smallest absolute Gasteiger partial charge is 0.143 e. The van der Waals surface area contributed by atoms with E-state index in [0.29, 0.717) is 0 Å². The van der Waals surface area contributed by atoms with Crippen LogP contribution in [0.15, 0.2) is 11.0 Å². The average molecular weight is 130 g/mol. The number of hydrogen-bond acceptors (Lipinski definition) is 2. The largest absolute Gasteiger partial charge is 0.299 e. The summed E-state index contributed by atoms with van der Waals surface area (Å²) in [6.45, 7) is 2.03. The van der Waals surface area contributed by atoms with Crippen LogP contribution in [0.1, 0.15) is 13.3 Å². The molecule has 0 aromatic heterocycles. The minimum atomic E-state index is 0.829. The highest BCUT2D eigenvalue weighted by Gasteiger charge is 1.85. The van der Waals surface area contributed by atoms with Crippen LogP contribution < -0.4 is 0 Å². The third-order valence-electron chi connectivity index (χ3n) is 0.865. The predicted octanol–water partition coefficient (Wildman–Crippen LogP) is 1.84. The molecule has 0 heterocycles. The molecule has 0 aliphatic carbocycles. The number of carbonyl (C=O) groups is 1. The van der Waals surface area contributed by atoms with Crippen LogP contribution in [-0.2, 0) is 4.79 Å². The van der Waals surface area contributed by atoms with Gasteiger partial charge in [0.2, 0.25) is 0 Å². The van der Waals surface area contributed by atoms with E-state index in [4.69, 9.17) is 0 Å². The van der Waals surface area contributed by atoms with Gasteiger partial charge < -0.3 is 0 Å². The molecule has 46 valence electrons. The molecule has 0 aliphatic rings. The van der Waals surface area contributed by atoms with Crippen molar-refractivity contribution in [2.45, 2.75) is 13.3 Å². The summed E-state index contributed by atoms with van der Waals surface area (Å²) in [7, 11) is 0. The quantitative estimate of drug-likeness (QED) is 0.428. The topological polar surface area (TPSA) is 17.1 Å². The van der Waals surface area contributed by atoms with Gasteiger partial charge in [0.05, 0.1) is 0 Å². The van der Waals surface area contributed by atoms with Gasteiger partial charge in [0.15, 0.2) is 0 Å². The molecular weight excluding hydrogens is 120 g/mol. The van der Waals surface area contributed by atoms with Crippen LogP contribution in [0.3, 0.4) is 0 Å². The Labute approximate surface area is 54.2 Å². The van der Waals surface area contributed by atoms with Crippen molar-refractivity contribution < 1.29 is 4.79 Å². The molecule has 1 nitrogen and oxygen atoms in total. The molecule has 0 atom stereocenters. The van der Waals surface area contributed by atoms with Gasteiger partial charge in [0, 0.05) is 0 Å². The standard InChI is InChI=1S/C6H10OS/c1-3-6(8-2)4-5-7/h4-5H,3H2,1-2H3/b6-4-. The fourth-order valence-electron chi connectivity index (χ4n) is 0.406. The Hall–Kier alpha value is -0.240. The summed E-state index contributed by atoms with van der Waals surface area (Å²) >= 11 is 1.62. The summed E-state index contributed by atoms with van der Waals surface area (Å²) in [5.41, 5.74) is 0. The molecule has 8 heavy (non-hydrogen) atoms. The minimum absolute atomic E-state index is 0.829. The first-order valence-electron chi connectivity index (χ1n) is 2.53. The van der Waals surface area contributed by atoms with Crippen molar-refractivity contribution in [2.24, 2.45) is 0 Å². The number of rotatable bonds is 3. The van der Waals surface area contributed by atoms with E-state index in [-0.39, 0.29) is 0 Å². The van der Waals surface area contributed by atoms with Crippen molar-refractivity contribution in [2.75, 3.05) is 6.26 Å². The van der Waals surface area contributed by atoms with Crippen LogP contribution in [0.5, 0.6) is 0 Å². The van der Waals surface area contributed by atoms with Crippen molar-refractivity contribution in [3.8, 4) is 0 Å². The van der Waals surface area contributed by atoms with E-state index >= 15 is 0 Å². The Balaban J connectivity index is 3.66. The third-order valence-corrected chi connectivity index (χ3v) is 1.81. The van der Waals surface area contributed by atoms with Crippen LogP contribution in [0.2, 0.25) is 0 Å². The molecule has 0 radical (unpaired) electrons. The predicted molar refractivity (Wildman–Crippen MR) is 38.0 cm³/mol. The Morgan fingerprint density at radius 3 is 2.50 bits per heavy atom. The van der Waals surface area contributed by atoms with Crippen molar-refractivity contribution in [3.05, 3.63) is 11.0 Å². The van der Waals surface area contributed by atoms with Crippen molar-refractivity contribution >= 4 is 18.0 Å². The van der Waals surface area contributed by atoms with Gasteiger partial charge in [0.1, 0.15) is 6.29 Å². The molecule has 0 amide bonds. The van der Waals surface area contributed by atoms with Gasteiger partial charge >= 0.3 is 0 Å². The van der Waals surface area contributed by atoms with E-state index < -0.39 is 0 Å². The van der Waals surface area contributed by atoms with E-state index in [1.54, 1.807) is 17.8 Å². The second-order valence-electron chi connectivity index (χ2n) is 1.33. The molecule has 0 unspecified atom stereocenters. The second kappa shape index (κ2) is 4.91. The molecule has 0 aliphatic heterocycles. The number of allylic oxidation sites excluding steroid dienone is 2. The first-order chi connectivity index (χ1) is 3.85. The van der Waals surface area contributed by atoms with Gasteiger partial charge in [-0.15, -0.1) is 11.8 Å². The number of carbonyl (C=O) groups excluding carboxylic acids is 1. The first-order valence-corrected chi connectivity index (χ1v) is 3.76. The lowest BCUT2D eigenvalue weighted by Gasteiger charge is -1.92. The van der Waals surface area contributed by atoms with Gasteiger partial charge in [-0.2, -0.15) is 0 Å². The summed E-state index contributed by atoms with van der Waals surface area (Å²) in [4.78, 5) is 11.0. The molecule has 0 saturated heterocycles. The normalized spacial score (nSPS) is 11.5. The Kier molecular flexibility index (Phi) is 4.76. The zero-order chi connectivity index (χ0) is 6.41. The monoisotopic (exact) mass is 130 g/mol. The van der Waals surface area contributed by atoms with Crippen molar-refractivity contribution in [3.63, 3.8) is 0 Å². The van der Waals surface area contributed by atoms with Gasteiger partial charge in [0.25, 0.3) is 0 Å². The van der Waals surface area contributed by atoms with E-state index in [1.165, 1.54) is 0 Å². The lowest BCUT2D eigenvalue weighted by Crippen LogP contribution is -1.71. The highest BCUT2D eigenvalue weighted by atomic mass is 32.2. The molecule has 0 aromatic rings. The highest BCUT2D eigenvalue weighted by Crippen LogP contribution is 2.13. The first kappa shape index (κ1) is 7.76. The van der Waals surface area contributed by atoms with Gasteiger partial charge in [-0.25, -0.2) is 0 Å². The fourth-order valence-corrected chi connectivity index (χ4v) is 0.886. The fraction of sp³-hybridized carbons (Fsp3) is 0.500. The number of aldehydes is 1. The molecule has 0 N–H and O–H groups in total. The van der Waals surface area contributed by atoms with Crippen LogP contribution >= 0.6 is 11.8 Å². The van der Waals surface area contributed by atoms with Crippen LogP contribution in [0.25, 0.3) is 0 Å². The number of thioether (sulfide) groups is 1. The lowest BCUT2D eigenvalue weighted by molar-refractivity contribution is -0.104. The van der Waals surface area contributed by atoms with E-state index in [9.17, 15) is 4.79 Å². The maximum Gasteiger partial charge on any atom is 0.143 e. The summed E-state index contributed by atoms with van der Waals surface area (Å²) < 4.78 is 0. The van der Waals surface area contributed by atoms with E-state index in [0.717, 1.165) is 17.6 Å². The molecule has 0 spiro atoms.